The zero-order valence-corrected chi connectivity index (χ0v) is 16.3. The zero-order chi connectivity index (χ0) is 19.6. The van der Waals surface area contributed by atoms with Gasteiger partial charge in [-0.1, -0.05) is 12.1 Å². The molecular formula is C20H26N4O3. The van der Waals surface area contributed by atoms with Crippen molar-refractivity contribution in [2.45, 2.75) is 39.3 Å². The van der Waals surface area contributed by atoms with E-state index in [1.807, 2.05) is 67.6 Å². The number of hydrogen-bond acceptors (Lipinski definition) is 4. The largest absolute Gasteiger partial charge is 0.444 e. The van der Waals surface area contributed by atoms with Gasteiger partial charge in [-0.05, 0) is 45.4 Å². The second-order valence-corrected chi connectivity index (χ2v) is 7.73. The lowest BCUT2D eigenvalue weighted by Gasteiger charge is -2.38. The van der Waals surface area contributed by atoms with Gasteiger partial charge in [0.05, 0.1) is 12.4 Å². The molecule has 1 unspecified atom stereocenters. The molecule has 1 saturated heterocycles. The second-order valence-electron chi connectivity index (χ2n) is 7.73. The molecule has 1 aliphatic rings. The molecule has 0 bridgehead atoms. The van der Waals surface area contributed by atoms with Gasteiger partial charge in [-0.2, -0.15) is 0 Å². The summed E-state index contributed by atoms with van der Waals surface area (Å²) >= 11 is 0. The van der Waals surface area contributed by atoms with Gasteiger partial charge in [-0.3, -0.25) is 9.69 Å². The van der Waals surface area contributed by atoms with Crippen LogP contribution < -0.4 is 0 Å². The van der Waals surface area contributed by atoms with Crippen molar-refractivity contribution in [1.29, 1.82) is 0 Å². The van der Waals surface area contributed by atoms with E-state index >= 15 is 0 Å². The zero-order valence-electron chi connectivity index (χ0n) is 16.3. The lowest BCUT2D eigenvalue weighted by Crippen LogP contribution is -2.53. The maximum Gasteiger partial charge on any atom is 0.410 e. The molecule has 7 nitrogen and oxygen atoms in total. The van der Waals surface area contributed by atoms with Crippen LogP contribution >= 0.6 is 0 Å². The number of nitrogens with zero attached hydrogens (tertiary/aromatic N) is 4. The van der Waals surface area contributed by atoms with Crippen LogP contribution in [0.15, 0.2) is 43.0 Å². The SMILES string of the molecule is CC(c1ccc(-n2ccnc2)cc1)N1CCN(C(=O)OC(C)(C)C)CC1=O. The van der Waals surface area contributed by atoms with Crippen LogP contribution in [0.2, 0.25) is 0 Å². The maximum atomic E-state index is 12.6. The number of benzene rings is 1. The van der Waals surface area contributed by atoms with E-state index in [1.165, 1.54) is 4.90 Å². The first-order valence-corrected chi connectivity index (χ1v) is 9.10. The molecule has 1 aromatic heterocycles. The van der Waals surface area contributed by atoms with Gasteiger partial charge in [0.2, 0.25) is 5.91 Å². The summed E-state index contributed by atoms with van der Waals surface area (Å²) in [6.45, 7) is 8.47. The minimum Gasteiger partial charge on any atom is -0.444 e. The van der Waals surface area contributed by atoms with E-state index in [2.05, 4.69) is 4.98 Å². The van der Waals surface area contributed by atoms with Gasteiger partial charge < -0.3 is 14.2 Å². The molecule has 0 N–H and O–H groups in total. The number of amides is 2. The molecule has 27 heavy (non-hydrogen) atoms. The number of piperazine rings is 1. The fourth-order valence-corrected chi connectivity index (χ4v) is 3.10. The highest BCUT2D eigenvalue weighted by Gasteiger charge is 2.32. The van der Waals surface area contributed by atoms with Gasteiger partial charge in [0.25, 0.3) is 0 Å². The third-order valence-corrected chi connectivity index (χ3v) is 4.55. The molecule has 3 rings (SSSR count). The van der Waals surface area contributed by atoms with Crippen molar-refractivity contribution in [3.63, 3.8) is 0 Å². The van der Waals surface area contributed by atoms with Crippen LogP contribution in [-0.4, -0.2) is 56.6 Å². The van der Waals surface area contributed by atoms with Gasteiger partial charge in [-0.25, -0.2) is 9.78 Å². The van der Waals surface area contributed by atoms with E-state index in [9.17, 15) is 9.59 Å². The van der Waals surface area contributed by atoms with Crippen molar-refractivity contribution in [3.05, 3.63) is 48.5 Å². The number of imidazole rings is 1. The number of aromatic nitrogens is 2. The first kappa shape index (κ1) is 18.9. The summed E-state index contributed by atoms with van der Waals surface area (Å²) in [5.74, 6) is -0.0710. The molecule has 0 aliphatic carbocycles. The Morgan fingerprint density at radius 2 is 1.89 bits per heavy atom. The monoisotopic (exact) mass is 370 g/mol. The third-order valence-electron chi connectivity index (χ3n) is 4.55. The Hall–Kier alpha value is -2.83. The Morgan fingerprint density at radius 1 is 1.19 bits per heavy atom. The Bertz CT molecular complexity index is 794. The van der Waals surface area contributed by atoms with Crippen molar-refractivity contribution in [2.75, 3.05) is 19.6 Å². The third kappa shape index (κ3) is 4.48. The molecule has 1 aliphatic heterocycles. The van der Waals surface area contributed by atoms with E-state index in [0.717, 1.165) is 11.3 Å². The van der Waals surface area contributed by atoms with Crippen LogP contribution in [-0.2, 0) is 9.53 Å². The summed E-state index contributed by atoms with van der Waals surface area (Å²) in [7, 11) is 0. The van der Waals surface area contributed by atoms with Gasteiger partial charge >= 0.3 is 6.09 Å². The van der Waals surface area contributed by atoms with E-state index in [-0.39, 0.29) is 18.5 Å². The van der Waals surface area contributed by atoms with Crippen LogP contribution in [0.1, 0.15) is 39.3 Å². The van der Waals surface area contributed by atoms with E-state index in [4.69, 9.17) is 4.74 Å². The summed E-state index contributed by atoms with van der Waals surface area (Å²) in [6.07, 6.45) is 4.93. The Kier molecular flexibility index (Phi) is 5.21. The van der Waals surface area contributed by atoms with Crippen molar-refractivity contribution in [3.8, 4) is 5.69 Å². The minimum absolute atomic E-state index is 0.0480. The van der Waals surface area contributed by atoms with Gasteiger partial charge in [-0.15, -0.1) is 0 Å². The minimum atomic E-state index is -0.568. The lowest BCUT2D eigenvalue weighted by molar-refractivity contribution is -0.138. The second kappa shape index (κ2) is 7.42. The smallest absolute Gasteiger partial charge is 0.410 e. The van der Waals surface area contributed by atoms with Crippen molar-refractivity contribution >= 4 is 12.0 Å². The Balaban J connectivity index is 1.64. The number of hydrogen-bond donors (Lipinski definition) is 0. The van der Waals surface area contributed by atoms with Gasteiger partial charge in [0.1, 0.15) is 12.1 Å². The van der Waals surface area contributed by atoms with Crippen molar-refractivity contribution in [1.82, 2.24) is 19.4 Å². The van der Waals surface area contributed by atoms with Gasteiger partial charge in [0.15, 0.2) is 0 Å². The summed E-state index contributed by atoms with van der Waals surface area (Å²) < 4.78 is 7.29. The summed E-state index contributed by atoms with van der Waals surface area (Å²) in [5.41, 5.74) is 1.50. The molecular weight excluding hydrogens is 344 g/mol. The van der Waals surface area contributed by atoms with Gasteiger partial charge in [0, 0.05) is 31.2 Å². The first-order valence-electron chi connectivity index (χ1n) is 9.10. The molecule has 1 atom stereocenters. The van der Waals surface area contributed by atoms with Crippen molar-refractivity contribution in [2.24, 2.45) is 0 Å². The molecule has 144 valence electrons. The highest BCUT2D eigenvalue weighted by Crippen LogP contribution is 2.24. The van der Waals surface area contributed by atoms with E-state index < -0.39 is 11.7 Å². The highest BCUT2D eigenvalue weighted by atomic mass is 16.6. The summed E-state index contributed by atoms with van der Waals surface area (Å²) in [4.78, 5) is 32.1. The highest BCUT2D eigenvalue weighted by molar-refractivity contribution is 5.84. The fraction of sp³-hybridized carbons (Fsp3) is 0.450. The van der Waals surface area contributed by atoms with Crippen LogP contribution in [0, 0.1) is 0 Å². The number of ether oxygens (including phenoxy) is 1. The van der Waals surface area contributed by atoms with Crippen LogP contribution in [0.4, 0.5) is 4.79 Å². The number of carbonyl (C=O) groups is 2. The predicted molar refractivity (Wildman–Crippen MR) is 101 cm³/mol. The lowest BCUT2D eigenvalue weighted by atomic mass is 10.1. The average molecular weight is 370 g/mol. The normalized spacial score (nSPS) is 16.4. The Morgan fingerprint density at radius 3 is 2.44 bits per heavy atom. The molecule has 1 aromatic carbocycles. The summed E-state index contributed by atoms with van der Waals surface area (Å²) in [5, 5.41) is 0. The standard InChI is InChI=1S/C20H26N4O3/c1-15(16-5-7-17(8-6-16)23-10-9-21-14-23)24-12-11-22(13-18(24)25)19(26)27-20(2,3)4/h5-10,14-15H,11-13H2,1-4H3. The molecule has 2 aromatic rings. The molecule has 7 heteroatoms. The topological polar surface area (TPSA) is 67.7 Å². The van der Waals surface area contributed by atoms with Crippen LogP contribution in [0.3, 0.4) is 0 Å². The quantitative estimate of drug-likeness (QED) is 0.833. The maximum absolute atomic E-state index is 12.6. The molecule has 2 heterocycles. The molecule has 0 radical (unpaired) electrons. The van der Waals surface area contributed by atoms with Crippen molar-refractivity contribution < 1.29 is 14.3 Å². The first-order chi connectivity index (χ1) is 12.7. The number of carbonyl (C=O) groups excluding carboxylic acids is 2. The fourth-order valence-electron chi connectivity index (χ4n) is 3.10. The Labute approximate surface area is 159 Å². The predicted octanol–water partition coefficient (Wildman–Crippen LogP) is 3.01. The molecule has 0 spiro atoms. The number of rotatable bonds is 3. The average Bonchev–Trinajstić information content (AvgIpc) is 3.14. The van der Waals surface area contributed by atoms with E-state index in [1.54, 1.807) is 12.5 Å². The van der Waals surface area contributed by atoms with Crippen LogP contribution in [0.25, 0.3) is 5.69 Å². The summed E-state index contributed by atoms with van der Waals surface area (Å²) in [6, 6.07) is 8.00. The molecule has 0 saturated carbocycles. The van der Waals surface area contributed by atoms with Crippen LogP contribution in [0.5, 0.6) is 0 Å². The molecule has 2 amide bonds. The molecule has 1 fully saturated rings. The van der Waals surface area contributed by atoms with E-state index in [0.29, 0.717) is 13.1 Å².